The third-order valence-corrected chi connectivity index (χ3v) is 5.80. The number of hydrogen-bond donors (Lipinski definition) is 0. The van der Waals surface area contributed by atoms with Crippen molar-refractivity contribution in [1.29, 1.82) is 0 Å². The van der Waals surface area contributed by atoms with Crippen LogP contribution in [0.3, 0.4) is 0 Å². The van der Waals surface area contributed by atoms with Crippen LogP contribution < -0.4 is 4.18 Å². The predicted molar refractivity (Wildman–Crippen MR) is 101 cm³/mol. The van der Waals surface area contributed by atoms with E-state index in [9.17, 15) is 16.8 Å². The summed E-state index contributed by atoms with van der Waals surface area (Å²) in [4.78, 5) is 0.248. The van der Waals surface area contributed by atoms with Crippen LogP contribution in [-0.2, 0) is 26.7 Å². The van der Waals surface area contributed by atoms with Gasteiger partial charge < -0.3 is 4.18 Å². The average molecular weight is 398 g/mol. The van der Waals surface area contributed by atoms with Gasteiger partial charge in [-0.2, -0.15) is 12.7 Å². The van der Waals surface area contributed by atoms with Crippen molar-refractivity contribution in [3.8, 4) is 5.75 Å². The second-order valence-electron chi connectivity index (χ2n) is 6.44. The highest BCUT2D eigenvalue weighted by atomic mass is 32.2. The van der Waals surface area contributed by atoms with Gasteiger partial charge in [-0.3, -0.25) is 0 Å². The number of hydrogen-bond acceptors (Lipinski definition) is 5. The van der Waals surface area contributed by atoms with E-state index in [0.717, 1.165) is 11.8 Å². The Morgan fingerprint density at radius 1 is 0.923 bits per heavy atom. The number of sulfonamides is 1. The molecule has 0 N–H and O–H groups in total. The molecule has 0 amide bonds. The van der Waals surface area contributed by atoms with Crippen LogP contribution >= 0.6 is 0 Å². The smallest absolute Gasteiger partial charge is 0.306 e. The van der Waals surface area contributed by atoms with Crippen molar-refractivity contribution in [2.24, 2.45) is 5.92 Å². The maximum atomic E-state index is 12.9. The number of benzene rings is 2. The SMILES string of the molecule is CC(C)CN(Cc1ccc(OS(C)(=O)=O)cc1)S(=O)(=O)c1ccccc1. The van der Waals surface area contributed by atoms with Gasteiger partial charge in [-0.25, -0.2) is 8.42 Å². The molecule has 142 valence electrons. The van der Waals surface area contributed by atoms with E-state index >= 15 is 0 Å². The largest absolute Gasteiger partial charge is 0.383 e. The molecule has 0 aliphatic heterocycles. The highest BCUT2D eigenvalue weighted by molar-refractivity contribution is 7.89. The van der Waals surface area contributed by atoms with Crippen molar-refractivity contribution in [2.75, 3.05) is 12.8 Å². The molecule has 0 spiro atoms. The summed E-state index contributed by atoms with van der Waals surface area (Å²) in [5.41, 5.74) is 0.742. The van der Waals surface area contributed by atoms with E-state index in [1.54, 1.807) is 42.5 Å². The van der Waals surface area contributed by atoms with E-state index < -0.39 is 20.1 Å². The monoisotopic (exact) mass is 397 g/mol. The Kier molecular flexibility index (Phi) is 6.44. The van der Waals surface area contributed by atoms with Gasteiger partial charge in [0, 0.05) is 13.1 Å². The van der Waals surface area contributed by atoms with Gasteiger partial charge in [0.2, 0.25) is 10.0 Å². The Hall–Kier alpha value is -1.90. The van der Waals surface area contributed by atoms with Crippen LogP contribution in [0.5, 0.6) is 5.75 Å². The maximum Gasteiger partial charge on any atom is 0.306 e. The summed E-state index contributed by atoms with van der Waals surface area (Å²) in [7, 11) is -7.22. The Balaban J connectivity index is 2.26. The molecular formula is C18H23NO5S2. The average Bonchev–Trinajstić information content (AvgIpc) is 2.55. The van der Waals surface area contributed by atoms with Crippen LogP contribution in [0.1, 0.15) is 19.4 Å². The molecule has 6 nitrogen and oxygen atoms in total. The molecule has 0 fully saturated rings. The van der Waals surface area contributed by atoms with Crippen molar-refractivity contribution in [3.05, 3.63) is 60.2 Å². The Morgan fingerprint density at radius 2 is 1.50 bits per heavy atom. The van der Waals surface area contributed by atoms with E-state index in [1.165, 1.54) is 16.4 Å². The summed E-state index contributed by atoms with van der Waals surface area (Å²) >= 11 is 0. The zero-order valence-corrected chi connectivity index (χ0v) is 16.6. The lowest BCUT2D eigenvalue weighted by Crippen LogP contribution is -2.33. The molecule has 0 aliphatic carbocycles. The first-order chi connectivity index (χ1) is 12.1. The van der Waals surface area contributed by atoms with Gasteiger partial charge in [-0.1, -0.05) is 44.2 Å². The van der Waals surface area contributed by atoms with Crippen molar-refractivity contribution in [3.63, 3.8) is 0 Å². The molecular weight excluding hydrogens is 374 g/mol. The molecule has 0 heterocycles. The summed E-state index contributed by atoms with van der Waals surface area (Å²) in [6, 6.07) is 14.7. The summed E-state index contributed by atoms with van der Waals surface area (Å²) in [5.74, 6) is 0.346. The second-order valence-corrected chi connectivity index (χ2v) is 9.95. The molecule has 8 heteroatoms. The first-order valence-corrected chi connectivity index (χ1v) is 11.4. The van der Waals surface area contributed by atoms with Gasteiger partial charge in [-0.05, 0) is 35.7 Å². The zero-order valence-electron chi connectivity index (χ0n) is 15.0. The normalized spacial score (nSPS) is 12.5. The van der Waals surface area contributed by atoms with Crippen LogP contribution in [0.2, 0.25) is 0 Å². The molecule has 26 heavy (non-hydrogen) atoms. The lowest BCUT2D eigenvalue weighted by Gasteiger charge is -2.24. The summed E-state index contributed by atoms with van der Waals surface area (Å²) < 4.78 is 54.5. The first kappa shape index (κ1) is 20.4. The standard InChI is InChI=1S/C18H23NO5S2/c1-15(2)13-19(26(22,23)18-7-5-4-6-8-18)14-16-9-11-17(12-10-16)24-25(3,20)21/h4-12,15H,13-14H2,1-3H3. The Morgan fingerprint density at radius 3 is 2.00 bits per heavy atom. The van der Waals surface area contributed by atoms with E-state index in [0.29, 0.717) is 6.54 Å². The summed E-state index contributed by atoms with van der Waals surface area (Å²) in [6.07, 6.45) is 0.970. The fourth-order valence-corrected chi connectivity index (χ4v) is 4.50. The van der Waals surface area contributed by atoms with Crippen LogP contribution in [0.4, 0.5) is 0 Å². The molecule has 0 bridgehead atoms. The van der Waals surface area contributed by atoms with Gasteiger partial charge >= 0.3 is 10.1 Å². The van der Waals surface area contributed by atoms with Crippen molar-refractivity contribution < 1.29 is 21.0 Å². The molecule has 0 atom stereocenters. The van der Waals surface area contributed by atoms with Crippen molar-refractivity contribution in [2.45, 2.75) is 25.3 Å². The van der Waals surface area contributed by atoms with Gasteiger partial charge in [0.15, 0.2) is 0 Å². The summed E-state index contributed by atoms with van der Waals surface area (Å²) in [6.45, 7) is 4.47. The van der Waals surface area contributed by atoms with Crippen LogP contribution in [0, 0.1) is 5.92 Å². The molecule has 0 aliphatic rings. The highest BCUT2D eigenvalue weighted by Gasteiger charge is 2.25. The first-order valence-electron chi connectivity index (χ1n) is 8.11. The van der Waals surface area contributed by atoms with Crippen molar-refractivity contribution in [1.82, 2.24) is 4.31 Å². The molecule has 2 aromatic rings. The molecule has 0 unspecified atom stereocenters. The van der Waals surface area contributed by atoms with Gasteiger partial charge in [0.05, 0.1) is 11.2 Å². The fraction of sp³-hybridized carbons (Fsp3) is 0.333. The molecule has 2 rings (SSSR count). The third kappa shape index (κ3) is 5.82. The topological polar surface area (TPSA) is 80.8 Å². The van der Waals surface area contributed by atoms with E-state index in [-0.39, 0.29) is 23.1 Å². The van der Waals surface area contributed by atoms with E-state index in [2.05, 4.69) is 0 Å². The van der Waals surface area contributed by atoms with Crippen LogP contribution in [0.15, 0.2) is 59.5 Å². The molecule has 0 aromatic heterocycles. The highest BCUT2D eigenvalue weighted by Crippen LogP contribution is 2.21. The number of rotatable bonds is 8. The van der Waals surface area contributed by atoms with Gasteiger partial charge in [0.1, 0.15) is 5.75 Å². The maximum absolute atomic E-state index is 12.9. The molecule has 2 aromatic carbocycles. The summed E-state index contributed by atoms with van der Waals surface area (Å²) in [5, 5.41) is 0. The Labute approximate surface area is 155 Å². The number of nitrogens with zero attached hydrogens (tertiary/aromatic N) is 1. The van der Waals surface area contributed by atoms with Crippen molar-refractivity contribution >= 4 is 20.1 Å². The lowest BCUT2D eigenvalue weighted by atomic mass is 10.2. The minimum atomic E-state index is -3.63. The molecule has 0 saturated carbocycles. The van der Waals surface area contributed by atoms with E-state index in [1.807, 2.05) is 13.8 Å². The van der Waals surface area contributed by atoms with Gasteiger partial charge in [-0.15, -0.1) is 0 Å². The minimum Gasteiger partial charge on any atom is -0.383 e. The molecule has 0 saturated heterocycles. The predicted octanol–water partition coefficient (Wildman–Crippen LogP) is 2.87. The van der Waals surface area contributed by atoms with Crippen LogP contribution in [-0.4, -0.2) is 33.9 Å². The second kappa shape index (κ2) is 8.20. The van der Waals surface area contributed by atoms with Crippen LogP contribution in [0.25, 0.3) is 0 Å². The minimum absolute atomic E-state index is 0.154. The fourth-order valence-electron chi connectivity index (χ4n) is 2.43. The quantitative estimate of drug-likeness (QED) is 0.640. The zero-order chi connectivity index (χ0) is 19.4. The Bertz CT molecular complexity index is 921. The molecule has 0 radical (unpaired) electrons. The third-order valence-electron chi connectivity index (χ3n) is 3.48. The lowest BCUT2D eigenvalue weighted by molar-refractivity contribution is 0.362. The van der Waals surface area contributed by atoms with E-state index in [4.69, 9.17) is 4.18 Å². The van der Waals surface area contributed by atoms with Gasteiger partial charge in [0.25, 0.3) is 0 Å².